The molecule has 0 saturated heterocycles. The van der Waals surface area contributed by atoms with Crippen LogP contribution in [0.1, 0.15) is 13.8 Å². The first-order valence-electron chi connectivity index (χ1n) is 2.66. The molecular formula is C5H7F2N2+. The van der Waals surface area contributed by atoms with E-state index in [0.29, 0.717) is 0 Å². The molecule has 1 rings (SSSR count). The minimum absolute atomic E-state index is 1.08. The minimum atomic E-state index is -1.97. The highest BCUT2D eigenvalue weighted by Gasteiger charge is 2.86. The first kappa shape index (κ1) is 6.40. The molecule has 0 heterocycles. The van der Waals surface area contributed by atoms with Gasteiger partial charge in [-0.1, -0.05) is 0 Å². The molecule has 9 heavy (non-hydrogen) atoms. The molecule has 1 saturated carbocycles. The molecule has 0 spiro atoms. The Hall–Kier alpha value is -0.720. The van der Waals surface area contributed by atoms with E-state index in [-0.39, 0.29) is 0 Å². The highest BCUT2D eigenvalue weighted by molar-refractivity contribution is 5.31. The Kier molecular flexibility index (Phi) is 0.875. The van der Waals surface area contributed by atoms with E-state index in [9.17, 15) is 8.78 Å². The molecule has 0 aromatic rings. The average Bonchev–Trinajstić information content (AvgIpc) is 2.00. The topological polar surface area (TPSA) is 28.1 Å². The highest BCUT2D eigenvalue weighted by atomic mass is 19.2. The van der Waals surface area contributed by atoms with E-state index in [2.05, 4.69) is 4.98 Å². The quantitative estimate of drug-likeness (QED) is 0.462. The second-order valence-corrected chi connectivity index (χ2v) is 2.67. The molecule has 1 fully saturated rings. The van der Waals surface area contributed by atoms with Gasteiger partial charge in [-0.15, -0.1) is 0 Å². The van der Waals surface area contributed by atoms with Gasteiger partial charge in [0.25, 0.3) is 0 Å². The molecule has 1 aliphatic rings. The van der Waals surface area contributed by atoms with Crippen LogP contribution in [0.5, 0.6) is 0 Å². The van der Waals surface area contributed by atoms with Crippen molar-refractivity contribution in [1.29, 1.82) is 5.39 Å². The standard InChI is InChI=1S/C5H7F2N2/c1-4(6)3(9-8)5(4,2)7/h3H,1-2H3/q+1/t3?,4-,5+. The van der Waals surface area contributed by atoms with Gasteiger partial charge in [-0.2, -0.15) is 0 Å². The van der Waals surface area contributed by atoms with Gasteiger partial charge in [0.2, 0.25) is 16.7 Å². The Morgan fingerprint density at radius 1 is 1.33 bits per heavy atom. The third-order valence-electron chi connectivity index (χ3n) is 2.01. The predicted octanol–water partition coefficient (Wildman–Crippen LogP) is 1.68. The molecule has 1 unspecified atom stereocenters. The van der Waals surface area contributed by atoms with Gasteiger partial charge in [-0.25, -0.2) is 8.78 Å². The van der Waals surface area contributed by atoms with Crippen LogP contribution in [0.15, 0.2) is 0 Å². The van der Waals surface area contributed by atoms with Crippen LogP contribution < -0.4 is 0 Å². The summed E-state index contributed by atoms with van der Waals surface area (Å²) in [7, 11) is 0. The van der Waals surface area contributed by atoms with Gasteiger partial charge in [0, 0.05) is 0 Å². The van der Waals surface area contributed by atoms with Crippen molar-refractivity contribution in [2.24, 2.45) is 0 Å². The Morgan fingerprint density at radius 2 is 1.67 bits per heavy atom. The van der Waals surface area contributed by atoms with Crippen LogP contribution in [0.4, 0.5) is 8.78 Å². The third-order valence-corrected chi connectivity index (χ3v) is 2.01. The molecule has 4 heteroatoms. The van der Waals surface area contributed by atoms with Crippen molar-refractivity contribution in [2.75, 3.05) is 0 Å². The number of diazo groups is 1. The first-order valence-corrected chi connectivity index (χ1v) is 2.66. The van der Waals surface area contributed by atoms with E-state index in [1.807, 2.05) is 0 Å². The van der Waals surface area contributed by atoms with Gasteiger partial charge in [0.15, 0.2) is 0 Å². The second-order valence-electron chi connectivity index (χ2n) is 2.67. The summed E-state index contributed by atoms with van der Waals surface area (Å²) in [6.07, 6.45) is 0. The summed E-state index contributed by atoms with van der Waals surface area (Å²) in [4.78, 5) is 2.56. The van der Waals surface area contributed by atoms with E-state index >= 15 is 0 Å². The molecule has 0 aromatic carbocycles. The van der Waals surface area contributed by atoms with E-state index < -0.39 is 17.4 Å². The number of alkyl halides is 2. The Labute approximate surface area is 51.5 Å². The van der Waals surface area contributed by atoms with Crippen LogP contribution in [0, 0.1) is 5.39 Å². The number of nitrogens with zero attached hydrogens (tertiary/aromatic N) is 2. The lowest BCUT2D eigenvalue weighted by Gasteiger charge is -1.90. The fraction of sp³-hybridized carbons (Fsp3) is 1.00. The fourth-order valence-electron chi connectivity index (χ4n) is 0.905. The van der Waals surface area contributed by atoms with Crippen molar-refractivity contribution in [3.63, 3.8) is 0 Å². The molecule has 0 amide bonds. The Bertz CT molecular complexity index is 166. The van der Waals surface area contributed by atoms with Crippen molar-refractivity contribution in [3.05, 3.63) is 4.98 Å². The largest absolute Gasteiger partial charge is 0.386 e. The molecule has 1 aliphatic carbocycles. The molecule has 0 bridgehead atoms. The number of hydrogen-bond acceptors (Lipinski definition) is 1. The van der Waals surface area contributed by atoms with Gasteiger partial charge in [0.05, 0.1) is 0 Å². The molecule has 0 aromatic heterocycles. The zero-order valence-corrected chi connectivity index (χ0v) is 5.23. The molecule has 2 nitrogen and oxygen atoms in total. The first-order chi connectivity index (χ1) is 3.94. The van der Waals surface area contributed by atoms with Crippen molar-refractivity contribution in [1.82, 2.24) is 0 Å². The number of hydrogen-bond donors (Lipinski definition) is 0. The third kappa shape index (κ3) is 0.493. The average molecular weight is 133 g/mol. The van der Waals surface area contributed by atoms with Gasteiger partial charge in [0.1, 0.15) is 4.98 Å². The SMILES string of the molecule is C[C@]1(F)C([N+]#N)[C@@]1(C)F. The molecule has 0 radical (unpaired) electrons. The van der Waals surface area contributed by atoms with Gasteiger partial charge in [-0.3, -0.25) is 0 Å². The monoisotopic (exact) mass is 133 g/mol. The van der Waals surface area contributed by atoms with E-state index in [1.165, 1.54) is 0 Å². The summed E-state index contributed by atoms with van der Waals surface area (Å²) in [6.45, 7) is 2.16. The van der Waals surface area contributed by atoms with Gasteiger partial charge in [-0.05, 0) is 13.8 Å². The van der Waals surface area contributed by atoms with Gasteiger partial charge >= 0.3 is 6.04 Å². The van der Waals surface area contributed by atoms with Crippen LogP contribution in [0.3, 0.4) is 0 Å². The lowest BCUT2D eigenvalue weighted by Crippen LogP contribution is -2.06. The summed E-state index contributed by atoms with van der Waals surface area (Å²) >= 11 is 0. The summed E-state index contributed by atoms with van der Waals surface area (Å²) in [5.74, 6) is 0. The molecular weight excluding hydrogens is 126 g/mol. The lowest BCUT2D eigenvalue weighted by molar-refractivity contribution is 0.199. The van der Waals surface area contributed by atoms with Crippen molar-refractivity contribution in [2.45, 2.75) is 31.2 Å². The Balaban J connectivity index is 2.81. The maximum atomic E-state index is 12.6. The maximum absolute atomic E-state index is 12.6. The van der Waals surface area contributed by atoms with Crippen LogP contribution >= 0.6 is 0 Å². The Morgan fingerprint density at radius 3 is 1.67 bits per heavy atom. The summed E-state index contributed by atoms with van der Waals surface area (Å²) in [5, 5.41) is 8.02. The summed E-state index contributed by atoms with van der Waals surface area (Å²) in [5.41, 5.74) is -3.94. The van der Waals surface area contributed by atoms with Crippen LogP contribution in [0.25, 0.3) is 4.98 Å². The van der Waals surface area contributed by atoms with Crippen molar-refractivity contribution >= 4 is 0 Å². The predicted molar refractivity (Wildman–Crippen MR) is 27.9 cm³/mol. The number of halogens is 2. The normalized spacial score (nSPS) is 56.6. The highest BCUT2D eigenvalue weighted by Crippen LogP contribution is 2.56. The molecule has 0 N–H and O–H groups in total. The zero-order chi connectivity index (χ0) is 7.28. The maximum Gasteiger partial charge on any atom is 0.386 e. The fourth-order valence-corrected chi connectivity index (χ4v) is 0.905. The van der Waals surface area contributed by atoms with Crippen LogP contribution in [-0.4, -0.2) is 17.4 Å². The van der Waals surface area contributed by atoms with Crippen molar-refractivity contribution in [3.8, 4) is 0 Å². The van der Waals surface area contributed by atoms with E-state index in [0.717, 1.165) is 13.8 Å². The summed E-state index contributed by atoms with van der Waals surface area (Å²) in [6, 6.07) is -1.19. The van der Waals surface area contributed by atoms with Gasteiger partial charge < -0.3 is 0 Å². The summed E-state index contributed by atoms with van der Waals surface area (Å²) < 4.78 is 25.2. The molecule has 3 atom stereocenters. The molecule has 50 valence electrons. The smallest absolute Gasteiger partial charge is 0.231 e. The molecule has 0 aliphatic heterocycles. The zero-order valence-electron chi connectivity index (χ0n) is 5.23. The van der Waals surface area contributed by atoms with Crippen molar-refractivity contribution < 1.29 is 8.78 Å². The van der Waals surface area contributed by atoms with E-state index in [4.69, 9.17) is 5.39 Å². The number of rotatable bonds is 0. The van der Waals surface area contributed by atoms with Crippen LogP contribution in [0.2, 0.25) is 0 Å². The minimum Gasteiger partial charge on any atom is -0.231 e. The lowest BCUT2D eigenvalue weighted by atomic mass is 10.3. The van der Waals surface area contributed by atoms with Crippen LogP contribution in [-0.2, 0) is 0 Å². The second kappa shape index (κ2) is 1.23. The van der Waals surface area contributed by atoms with E-state index in [1.54, 1.807) is 0 Å².